The molecule has 0 atom stereocenters. The van der Waals surface area contributed by atoms with Crippen LogP contribution in [0.3, 0.4) is 0 Å². The quantitative estimate of drug-likeness (QED) is 0.822. The van der Waals surface area contributed by atoms with Crippen LogP contribution in [0.1, 0.15) is 44.7 Å². The topological polar surface area (TPSA) is 42.0 Å². The summed E-state index contributed by atoms with van der Waals surface area (Å²) in [6.07, 6.45) is 2.93. The highest BCUT2D eigenvalue weighted by Crippen LogP contribution is 2.27. The highest BCUT2D eigenvalue weighted by atomic mass is 16.6. The Bertz CT molecular complexity index is 616. The van der Waals surface area contributed by atoms with E-state index in [0.717, 1.165) is 51.2 Å². The van der Waals surface area contributed by atoms with Gasteiger partial charge in [-0.25, -0.2) is 4.79 Å². The number of rotatable bonds is 2. The van der Waals surface area contributed by atoms with Crippen molar-refractivity contribution in [2.24, 2.45) is 0 Å². The van der Waals surface area contributed by atoms with Crippen LogP contribution < -0.4 is 4.74 Å². The van der Waals surface area contributed by atoms with E-state index < -0.39 is 5.60 Å². The number of nitrogens with zero attached hydrogens (tertiary/aromatic N) is 2. The molecule has 1 aromatic rings. The van der Waals surface area contributed by atoms with Gasteiger partial charge < -0.3 is 14.4 Å². The smallest absolute Gasteiger partial charge is 0.410 e. The first kappa shape index (κ1) is 18.1. The average Bonchev–Trinajstić information content (AvgIpc) is 2.59. The van der Waals surface area contributed by atoms with E-state index in [4.69, 9.17) is 9.47 Å². The number of hydrogen-bond acceptors (Lipinski definition) is 4. The molecule has 1 fully saturated rings. The van der Waals surface area contributed by atoms with Crippen LogP contribution in [-0.2, 0) is 17.7 Å². The molecule has 1 amide bonds. The van der Waals surface area contributed by atoms with Crippen LogP contribution in [-0.4, -0.2) is 54.3 Å². The zero-order valence-electron chi connectivity index (χ0n) is 15.9. The lowest BCUT2D eigenvalue weighted by Gasteiger charge is -2.40. The summed E-state index contributed by atoms with van der Waals surface area (Å²) in [6.45, 7) is 9.39. The monoisotopic (exact) mass is 346 g/mol. The number of likely N-dealkylation sites (tertiary alicyclic amines) is 1. The van der Waals surface area contributed by atoms with Crippen LogP contribution in [0.25, 0.3) is 0 Å². The van der Waals surface area contributed by atoms with Gasteiger partial charge >= 0.3 is 6.09 Å². The molecule has 2 heterocycles. The predicted octanol–water partition coefficient (Wildman–Crippen LogP) is 3.45. The molecule has 0 radical (unpaired) electrons. The van der Waals surface area contributed by atoms with Gasteiger partial charge in [0, 0.05) is 32.2 Å². The molecular weight excluding hydrogens is 316 g/mol. The molecule has 0 spiro atoms. The second kappa shape index (κ2) is 7.24. The third-order valence-electron chi connectivity index (χ3n) is 5.09. The lowest BCUT2D eigenvalue weighted by Crippen LogP contribution is -2.49. The lowest BCUT2D eigenvalue weighted by atomic mass is 9.95. The molecule has 0 N–H and O–H groups in total. The zero-order valence-corrected chi connectivity index (χ0v) is 15.9. The number of piperidine rings is 1. The Morgan fingerprint density at radius 3 is 2.48 bits per heavy atom. The SMILES string of the molecule is COc1ccc2c(c1)CCN(C1CCN(C(=O)OC(C)(C)C)CC1)C2. The van der Waals surface area contributed by atoms with Gasteiger partial charge in [0.25, 0.3) is 0 Å². The summed E-state index contributed by atoms with van der Waals surface area (Å²) >= 11 is 0. The Morgan fingerprint density at radius 2 is 1.84 bits per heavy atom. The molecule has 1 saturated heterocycles. The fraction of sp³-hybridized carbons (Fsp3) is 0.650. The van der Waals surface area contributed by atoms with E-state index >= 15 is 0 Å². The Labute approximate surface area is 150 Å². The van der Waals surface area contributed by atoms with Crippen LogP contribution in [0.5, 0.6) is 5.75 Å². The Morgan fingerprint density at radius 1 is 1.12 bits per heavy atom. The Kier molecular flexibility index (Phi) is 5.23. The van der Waals surface area contributed by atoms with Crippen molar-refractivity contribution in [2.45, 2.75) is 58.2 Å². The fourth-order valence-electron chi connectivity index (χ4n) is 3.73. The molecular formula is C20H30N2O3. The summed E-state index contributed by atoms with van der Waals surface area (Å²) in [5.41, 5.74) is 2.38. The summed E-state index contributed by atoms with van der Waals surface area (Å²) in [5.74, 6) is 0.942. The minimum absolute atomic E-state index is 0.179. The van der Waals surface area contributed by atoms with Gasteiger partial charge in [0.1, 0.15) is 11.4 Å². The lowest BCUT2D eigenvalue weighted by molar-refractivity contribution is 0.0134. The van der Waals surface area contributed by atoms with Gasteiger partial charge in [-0.1, -0.05) is 6.07 Å². The molecule has 0 bridgehead atoms. The van der Waals surface area contributed by atoms with E-state index in [9.17, 15) is 4.79 Å². The second-order valence-electron chi connectivity index (χ2n) is 8.05. The van der Waals surface area contributed by atoms with Crippen molar-refractivity contribution >= 4 is 6.09 Å². The van der Waals surface area contributed by atoms with Crippen LogP contribution in [0.15, 0.2) is 18.2 Å². The van der Waals surface area contributed by atoms with Gasteiger partial charge in [0.05, 0.1) is 7.11 Å². The summed E-state index contributed by atoms with van der Waals surface area (Å²) in [7, 11) is 1.72. The van der Waals surface area contributed by atoms with E-state index in [2.05, 4.69) is 17.0 Å². The molecule has 5 heteroatoms. The third-order valence-corrected chi connectivity index (χ3v) is 5.09. The Balaban J connectivity index is 1.54. The summed E-state index contributed by atoms with van der Waals surface area (Å²) in [6, 6.07) is 6.95. The van der Waals surface area contributed by atoms with Crippen molar-refractivity contribution in [1.82, 2.24) is 9.80 Å². The fourth-order valence-corrected chi connectivity index (χ4v) is 3.73. The first-order valence-corrected chi connectivity index (χ1v) is 9.23. The highest BCUT2D eigenvalue weighted by molar-refractivity contribution is 5.68. The van der Waals surface area contributed by atoms with Gasteiger partial charge in [-0.3, -0.25) is 4.90 Å². The van der Waals surface area contributed by atoms with Crippen LogP contribution in [0.2, 0.25) is 0 Å². The van der Waals surface area contributed by atoms with Gasteiger partial charge in [0.2, 0.25) is 0 Å². The van der Waals surface area contributed by atoms with E-state index in [1.807, 2.05) is 31.7 Å². The minimum Gasteiger partial charge on any atom is -0.497 e. The third kappa shape index (κ3) is 4.46. The van der Waals surface area contributed by atoms with E-state index in [1.165, 1.54) is 11.1 Å². The molecule has 3 rings (SSSR count). The number of methoxy groups -OCH3 is 1. The molecule has 1 aromatic carbocycles. The van der Waals surface area contributed by atoms with Crippen LogP contribution >= 0.6 is 0 Å². The van der Waals surface area contributed by atoms with Crippen molar-refractivity contribution in [3.63, 3.8) is 0 Å². The summed E-state index contributed by atoms with van der Waals surface area (Å²) in [4.78, 5) is 16.6. The first-order valence-electron chi connectivity index (χ1n) is 9.23. The number of fused-ring (bicyclic) bond motifs is 1. The standard InChI is InChI=1S/C20H30N2O3/c1-20(2,3)25-19(23)21-11-8-17(9-12-21)22-10-7-15-13-18(24-4)6-5-16(15)14-22/h5-6,13,17H,7-12,14H2,1-4H3. The maximum Gasteiger partial charge on any atom is 0.410 e. The molecule has 5 nitrogen and oxygen atoms in total. The highest BCUT2D eigenvalue weighted by Gasteiger charge is 2.30. The molecule has 25 heavy (non-hydrogen) atoms. The molecule has 2 aliphatic rings. The van der Waals surface area contributed by atoms with Gasteiger partial charge in [-0.2, -0.15) is 0 Å². The largest absolute Gasteiger partial charge is 0.497 e. The minimum atomic E-state index is -0.425. The molecule has 138 valence electrons. The molecule has 0 aliphatic carbocycles. The van der Waals surface area contributed by atoms with Crippen molar-refractivity contribution in [3.05, 3.63) is 29.3 Å². The number of amides is 1. The molecule has 2 aliphatic heterocycles. The second-order valence-corrected chi connectivity index (χ2v) is 8.05. The van der Waals surface area contributed by atoms with E-state index in [1.54, 1.807) is 7.11 Å². The number of benzene rings is 1. The van der Waals surface area contributed by atoms with E-state index in [-0.39, 0.29) is 6.09 Å². The first-order chi connectivity index (χ1) is 11.9. The van der Waals surface area contributed by atoms with Crippen LogP contribution in [0, 0.1) is 0 Å². The molecule has 0 aromatic heterocycles. The zero-order chi connectivity index (χ0) is 18.0. The Hall–Kier alpha value is -1.75. The van der Waals surface area contributed by atoms with Gasteiger partial charge in [0.15, 0.2) is 0 Å². The normalized spacial score (nSPS) is 19.4. The molecule has 0 unspecified atom stereocenters. The number of carbonyl (C=O) groups excluding carboxylic acids is 1. The van der Waals surface area contributed by atoms with Crippen molar-refractivity contribution < 1.29 is 14.3 Å². The van der Waals surface area contributed by atoms with E-state index in [0.29, 0.717) is 6.04 Å². The number of ether oxygens (including phenoxy) is 2. The maximum atomic E-state index is 12.2. The van der Waals surface area contributed by atoms with Crippen LogP contribution in [0.4, 0.5) is 4.79 Å². The number of carbonyl (C=O) groups is 1. The average molecular weight is 346 g/mol. The van der Waals surface area contributed by atoms with Crippen molar-refractivity contribution in [1.29, 1.82) is 0 Å². The summed E-state index contributed by atoms with van der Waals surface area (Å²) in [5, 5.41) is 0. The molecule has 0 saturated carbocycles. The van der Waals surface area contributed by atoms with Crippen molar-refractivity contribution in [2.75, 3.05) is 26.7 Å². The summed E-state index contributed by atoms with van der Waals surface area (Å²) < 4.78 is 10.8. The van der Waals surface area contributed by atoms with Gasteiger partial charge in [-0.05, 0) is 63.3 Å². The van der Waals surface area contributed by atoms with Crippen molar-refractivity contribution in [3.8, 4) is 5.75 Å². The number of hydrogen-bond donors (Lipinski definition) is 0. The van der Waals surface area contributed by atoms with Gasteiger partial charge in [-0.15, -0.1) is 0 Å². The maximum absolute atomic E-state index is 12.2. The predicted molar refractivity (Wildman–Crippen MR) is 97.9 cm³/mol.